The first-order chi connectivity index (χ1) is 33.5. The van der Waals surface area contributed by atoms with E-state index in [-0.39, 0.29) is 47.3 Å². The maximum atomic E-state index is 12.1. The minimum atomic E-state index is -3.80. The number of aliphatic hydroxyl groups is 1. The highest BCUT2D eigenvalue weighted by atomic mass is 32.2. The van der Waals surface area contributed by atoms with Crippen molar-refractivity contribution in [1.29, 1.82) is 0 Å². The summed E-state index contributed by atoms with van der Waals surface area (Å²) in [7, 11) is -1.10. The summed E-state index contributed by atoms with van der Waals surface area (Å²) in [5.74, 6) is 0. The molecule has 3 atom stereocenters. The van der Waals surface area contributed by atoms with Crippen molar-refractivity contribution in [2.75, 3.05) is 73.3 Å². The summed E-state index contributed by atoms with van der Waals surface area (Å²) < 4.78 is 49.3. The lowest BCUT2D eigenvalue weighted by Crippen LogP contribution is -2.30. The molecule has 0 spiro atoms. The van der Waals surface area contributed by atoms with E-state index < -0.39 is 37.1 Å². The van der Waals surface area contributed by atoms with E-state index in [0.29, 0.717) is 32.2 Å². The van der Waals surface area contributed by atoms with Crippen LogP contribution < -0.4 is 5.32 Å². The van der Waals surface area contributed by atoms with Gasteiger partial charge in [0.1, 0.15) is 0 Å². The molecule has 3 fully saturated rings. The fraction of sp³-hybridized carbons (Fsp3) is 0.447. The first-order valence-corrected chi connectivity index (χ1v) is 23.7. The standard InChI is InChI=1S/C13H17NO5S.C8H15NO3.3C6H5NO2.C6H13NO.C2H6O/c1-10-3-5-12(6-4-10)20(16,17)19-11-7-8-14(9-11)13(15)18-2;1-3-12-7-4-5-9(6-7)8(10)11-2;3*8-7(9)6-4-2-1-3-5-6;1-2-8-6-3-4-7-5-6;1-2-3/h3-6,11H,7-9H2,1-2H3;7H,3-6H2,1-2H3;3*1-5H;6-7H,2-5H2,1H3;3H,2H2,1H3. The molecule has 2 N–H and O–H groups in total. The fourth-order valence-corrected chi connectivity index (χ4v) is 7.19. The smallest absolute Gasteiger partial charge is 0.409 e. The number of rotatable bonds is 10. The third kappa shape index (κ3) is 25.7. The number of nitrogens with one attached hydrogen (secondary N) is 1. The van der Waals surface area contributed by atoms with Crippen molar-refractivity contribution in [1.82, 2.24) is 15.1 Å². The summed E-state index contributed by atoms with van der Waals surface area (Å²) in [6.45, 7) is 13.6. The highest BCUT2D eigenvalue weighted by Crippen LogP contribution is 2.21. The zero-order valence-corrected chi connectivity index (χ0v) is 41.2. The van der Waals surface area contributed by atoms with Crippen molar-refractivity contribution in [3.63, 3.8) is 0 Å². The second-order valence-electron chi connectivity index (χ2n) is 14.6. The first-order valence-electron chi connectivity index (χ1n) is 22.2. The summed E-state index contributed by atoms with van der Waals surface area (Å²) >= 11 is 0. The number of para-hydroxylation sites is 3. The van der Waals surface area contributed by atoms with Crippen LogP contribution in [0.1, 0.15) is 45.6 Å². The Labute approximate surface area is 409 Å². The van der Waals surface area contributed by atoms with E-state index in [1.807, 2.05) is 20.8 Å². The second kappa shape index (κ2) is 35.5. The van der Waals surface area contributed by atoms with Crippen molar-refractivity contribution in [2.45, 2.75) is 70.2 Å². The number of carbonyl (C=O) groups excluding carboxylic acids is 2. The molecule has 386 valence electrons. The average Bonchev–Trinajstić information content (AvgIpc) is 4.18. The van der Waals surface area contributed by atoms with Crippen LogP contribution in [0.5, 0.6) is 0 Å². The number of likely N-dealkylation sites (tertiary alicyclic amines) is 2. The van der Waals surface area contributed by atoms with Gasteiger partial charge in [-0.1, -0.05) is 72.3 Å². The van der Waals surface area contributed by atoms with E-state index in [4.69, 9.17) is 18.8 Å². The van der Waals surface area contributed by atoms with Crippen LogP contribution in [-0.2, 0) is 33.2 Å². The molecule has 22 nitrogen and oxygen atoms in total. The van der Waals surface area contributed by atoms with Gasteiger partial charge in [-0.25, -0.2) is 9.59 Å². The van der Waals surface area contributed by atoms with Crippen LogP contribution >= 0.6 is 0 Å². The Hall–Kier alpha value is -6.63. The Morgan fingerprint density at radius 3 is 1.33 bits per heavy atom. The van der Waals surface area contributed by atoms with Crippen molar-refractivity contribution < 1.29 is 61.0 Å². The third-order valence-electron chi connectivity index (χ3n) is 9.45. The number of benzene rings is 4. The number of non-ortho nitro benzene ring substituents is 3. The lowest BCUT2D eigenvalue weighted by atomic mass is 10.2. The largest absolute Gasteiger partial charge is 0.453 e. The quantitative estimate of drug-likeness (QED) is 0.0879. The van der Waals surface area contributed by atoms with E-state index in [1.165, 1.54) is 74.1 Å². The Balaban J connectivity index is 0.000000430. The summed E-state index contributed by atoms with van der Waals surface area (Å²) in [5, 5.41) is 40.8. The molecule has 3 aliphatic rings. The van der Waals surface area contributed by atoms with Crippen molar-refractivity contribution >= 4 is 39.4 Å². The molecule has 3 unspecified atom stereocenters. The van der Waals surface area contributed by atoms with Crippen LogP contribution in [0.25, 0.3) is 0 Å². The highest BCUT2D eigenvalue weighted by molar-refractivity contribution is 7.86. The van der Waals surface area contributed by atoms with Crippen molar-refractivity contribution in [3.05, 3.63) is 151 Å². The minimum Gasteiger partial charge on any atom is -0.453 e. The topological polar surface area (TPSA) is 283 Å². The number of aryl methyl sites for hydroxylation is 1. The van der Waals surface area contributed by atoms with E-state index in [2.05, 4.69) is 14.8 Å². The molecule has 0 radical (unpaired) electrons. The first kappa shape index (κ1) is 61.4. The van der Waals surface area contributed by atoms with Gasteiger partial charge in [0.15, 0.2) is 0 Å². The van der Waals surface area contributed by atoms with Crippen molar-refractivity contribution in [2.24, 2.45) is 0 Å². The molecular weight excluding hydrogens is 937 g/mol. The Bertz CT molecular complexity index is 2070. The summed E-state index contributed by atoms with van der Waals surface area (Å²) in [6, 6.07) is 30.3. The molecule has 0 aromatic heterocycles. The molecule has 2 amide bonds. The monoisotopic (exact) mass is 1000 g/mol. The average molecular weight is 1000 g/mol. The van der Waals surface area contributed by atoms with Gasteiger partial charge in [-0.15, -0.1) is 0 Å². The van der Waals surface area contributed by atoms with Gasteiger partial charge in [-0.3, -0.25) is 34.5 Å². The van der Waals surface area contributed by atoms with Crippen LogP contribution in [-0.4, -0.2) is 142 Å². The van der Waals surface area contributed by atoms with Gasteiger partial charge in [-0.05, 0) is 65.6 Å². The second-order valence-corrected chi connectivity index (χ2v) is 16.2. The zero-order valence-electron chi connectivity index (χ0n) is 40.4. The Kier molecular flexibility index (Phi) is 31.1. The van der Waals surface area contributed by atoms with Crippen molar-refractivity contribution in [3.8, 4) is 0 Å². The molecule has 4 aromatic carbocycles. The number of nitro benzene ring substituents is 3. The molecular formula is C47H66N6O16S. The number of nitrogens with zero attached hydrogens (tertiary/aromatic N) is 5. The number of ether oxygens (including phenoxy) is 4. The summed E-state index contributed by atoms with van der Waals surface area (Å²) in [6.07, 6.45) is 2.03. The molecule has 0 saturated carbocycles. The van der Waals surface area contributed by atoms with Crippen LogP contribution in [0.4, 0.5) is 26.7 Å². The number of amides is 2. The number of carbonyl (C=O) groups is 2. The lowest BCUT2D eigenvalue weighted by molar-refractivity contribution is -0.385. The van der Waals surface area contributed by atoms with Gasteiger partial charge in [0, 0.05) is 75.9 Å². The van der Waals surface area contributed by atoms with Gasteiger partial charge in [0.05, 0.1) is 65.3 Å². The zero-order chi connectivity index (χ0) is 52.3. The van der Waals surface area contributed by atoms with Gasteiger partial charge in [0.2, 0.25) is 0 Å². The molecule has 0 aliphatic carbocycles. The molecule has 3 saturated heterocycles. The summed E-state index contributed by atoms with van der Waals surface area (Å²) in [5.41, 5.74) is 1.38. The molecule has 23 heteroatoms. The number of hydrogen-bond donors (Lipinski definition) is 2. The number of hydrogen-bond acceptors (Lipinski definition) is 17. The molecule has 70 heavy (non-hydrogen) atoms. The van der Waals surface area contributed by atoms with E-state index in [0.717, 1.165) is 38.2 Å². The molecule has 3 heterocycles. The predicted octanol–water partition coefficient (Wildman–Crippen LogP) is 7.57. The summed E-state index contributed by atoms with van der Waals surface area (Å²) in [4.78, 5) is 54.3. The maximum absolute atomic E-state index is 12.1. The fourth-order valence-electron chi connectivity index (χ4n) is 6.09. The van der Waals surface area contributed by atoms with Gasteiger partial charge < -0.3 is 39.2 Å². The van der Waals surface area contributed by atoms with Gasteiger partial charge in [-0.2, -0.15) is 8.42 Å². The molecule has 7 rings (SSSR count). The van der Waals surface area contributed by atoms with E-state index in [9.17, 15) is 48.3 Å². The maximum Gasteiger partial charge on any atom is 0.409 e. The number of aliphatic hydroxyl groups excluding tert-OH is 1. The minimum absolute atomic E-state index is 0.125. The van der Waals surface area contributed by atoms with Crippen LogP contribution in [0.15, 0.2) is 120 Å². The SMILES string of the molecule is CCO.CCOC1CCN(C(=O)OC)C1.CCOC1CCNC1.COC(=O)N1CCC(OS(=O)(=O)c2ccc(C)cc2)C1.O=[N+]([O-])c1ccccc1.O=[N+]([O-])c1ccccc1.O=[N+]([O-])c1ccccc1. The normalized spacial score (nSPS) is 16.4. The van der Waals surface area contributed by atoms with E-state index >= 15 is 0 Å². The highest BCUT2D eigenvalue weighted by Gasteiger charge is 2.32. The lowest BCUT2D eigenvalue weighted by Gasteiger charge is -2.15. The van der Waals surface area contributed by atoms with Crippen LogP contribution in [0.3, 0.4) is 0 Å². The van der Waals surface area contributed by atoms with Gasteiger partial charge in [0.25, 0.3) is 27.2 Å². The predicted molar refractivity (Wildman–Crippen MR) is 261 cm³/mol. The molecule has 4 aromatic rings. The molecule has 3 aliphatic heterocycles. The molecule has 0 bridgehead atoms. The Morgan fingerprint density at radius 2 is 1.00 bits per heavy atom. The van der Waals surface area contributed by atoms with Gasteiger partial charge >= 0.3 is 12.2 Å². The van der Waals surface area contributed by atoms with Crippen LogP contribution in [0, 0.1) is 37.3 Å². The third-order valence-corrected chi connectivity index (χ3v) is 10.8. The Morgan fingerprint density at radius 1 is 0.629 bits per heavy atom. The number of nitro groups is 3. The van der Waals surface area contributed by atoms with Crippen LogP contribution in [0.2, 0.25) is 0 Å². The number of methoxy groups -OCH3 is 2. The van der Waals surface area contributed by atoms with E-state index in [1.54, 1.807) is 78.6 Å².